The van der Waals surface area contributed by atoms with E-state index in [2.05, 4.69) is 16.4 Å². The summed E-state index contributed by atoms with van der Waals surface area (Å²) in [5.74, 6) is 0.647. The average molecular weight is 434 g/mol. The van der Waals surface area contributed by atoms with Gasteiger partial charge in [-0.05, 0) is 50.5 Å². The molecular weight excluding hydrogens is 402 g/mol. The number of pyridine rings is 1. The van der Waals surface area contributed by atoms with Crippen molar-refractivity contribution in [3.8, 4) is 0 Å². The van der Waals surface area contributed by atoms with Gasteiger partial charge >= 0.3 is 0 Å². The van der Waals surface area contributed by atoms with Gasteiger partial charge in [-0.25, -0.2) is 13.4 Å². The highest BCUT2D eigenvalue weighted by atomic mass is 32.2. The number of hydrogen-bond donors (Lipinski definition) is 1. The van der Waals surface area contributed by atoms with Crippen LogP contribution in [0.4, 0.5) is 5.82 Å². The van der Waals surface area contributed by atoms with E-state index in [4.69, 9.17) is 9.47 Å². The number of sulfonamides is 1. The summed E-state index contributed by atoms with van der Waals surface area (Å²) in [6.45, 7) is 7.63. The highest BCUT2D eigenvalue weighted by Gasteiger charge is 2.27. The summed E-state index contributed by atoms with van der Waals surface area (Å²) in [6.07, 6.45) is 2.43. The summed E-state index contributed by atoms with van der Waals surface area (Å²) in [4.78, 5) is 4.51. The Balaban J connectivity index is 1.79. The lowest BCUT2D eigenvalue weighted by Crippen LogP contribution is -2.34. The van der Waals surface area contributed by atoms with Gasteiger partial charge in [0.2, 0.25) is 10.0 Å². The van der Waals surface area contributed by atoms with Crippen molar-refractivity contribution in [2.75, 3.05) is 32.2 Å². The van der Waals surface area contributed by atoms with Crippen molar-refractivity contribution in [3.05, 3.63) is 53.2 Å². The van der Waals surface area contributed by atoms with Crippen LogP contribution in [-0.2, 0) is 26.0 Å². The van der Waals surface area contributed by atoms with E-state index in [-0.39, 0.29) is 30.1 Å². The first-order chi connectivity index (χ1) is 14.3. The van der Waals surface area contributed by atoms with Crippen LogP contribution >= 0.6 is 0 Å². The minimum Gasteiger partial charge on any atom is -0.383 e. The maximum absolute atomic E-state index is 13.3. The molecule has 2 atom stereocenters. The molecule has 3 rings (SSSR count). The van der Waals surface area contributed by atoms with Gasteiger partial charge in [-0.15, -0.1) is 0 Å². The first-order valence-electron chi connectivity index (χ1n) is 10.2. The van der Waals surface area contributed by atoms with Gasteiger partial charge in [0, 0.05) is 33.0 Å². The number of methoxy groups -OCH3 is 1. The summed E-state index contributed by atoms with van der Waals surface area (Å²) >= 11 is 0. The minimum atomic E-state index is -3.71. The fourth-order valence-corrected chi connectivity index (χ4v) is 4.92. The summed E-state index contributed by atoms with van der Waals surface area (Å²) in [7, 11) is -2.15. The van der Waals surface area contributed by atoms with Crippen molar-refractivity contribution >= 4 is 15.8 Å². The predicted octanol–water partition coefficient (Wildman–Crippen LogP) is 3.13. The molecule has 0 spiro atoms. The van der Waals surface area contributed by atoms with Crippen LogP contribution in [0.15, 0.2) is 41.4 Å². The molecule has 1 aliphatic heterocycles. The molecule has 1 aromatic heterocycles. The zero-order chi connectivity index (χ0) is 21.7. The Kier molecular flexibility index (Phi) is 7.46. The average Bonchev–Trinajstić information content (AvgIpc) is 3.11. The Morgan fingerprint density at radius 2 is 2.07 bits per heavy atom. The fraction of sp³-hybridized carbons (Fsp3) is 0.500. The van der Waals surface area contributed by atoms with Gasteiger partial charge in [-0.1, -0.05) is 23.8 Å². The van der Waals surface area contributed by atoms with E-state index in [0.717, 1.165) is 29.7 Å². The second-order valence-electron chi connectivity index (χ2n) is 7.76. The van der Waals surface area contributed by atoms with E-state index in [0.29, 0.717) is 12.4 Å². The van der Waals surface area contributed by atoms with Crippen molar-refractivity contribution in [2.24, 2.45) is 0 Å². The first kappa shape index (κ1) is 22.7. The number of anilines is 1. The van der Waals surface area contributed by atoms with E-state index in [1.807, 2.05) is 32.9 Å². The third-order valence-corrected chi connectivity index (χ3v) is 7.30. The number of nitrogens with one attached hydrogen (secondary N) is 1. The Hall–Kier alpha value is -2.00. The summed E-state index contributed by atoms with van der Waals surface area (Å²) in [6, 6.07) is 9.54. The largest absolute Gasteiger partial charge is 0.383 e. The second-order valence-corrected chi connectivity index (χ2v) is 9.69. The van der Waals surface area contributed by atoms with E-state index < -0.39 is 10.0 Å². The normalized spacial score (nSPS) is 19.4. The molecule has 7 nitrogen and oxygen atoms in total. The van der Waals surface area contributed by atoms with Gasteiger partial charge in [0.05, 0.1) is 18.8 Å². The van der Waals surface area contributed by atoms with Crippen molar-refractivity contribution < 1.29 is 17.9 Å². The zero-order valence-electron chi connectivity index (χ0n) is 18.1. The van der Waals surface area contributed by atoms with E-state index >= 15 is 0 Å². The SMILES string of the molecule is COCCN(Cc1ccc(C)cc1C)S(=O)(=O)c1ccc(NC2CCOC2C)nc1. The molecule has 1 N–H and O–H groups in total. The maximum atomic E-state index is 13.3. The van der Waals surface area contributed by atoms with Gasteiger partial charge in [-0.3, -0.25) is 0 Å². The fourth-order valence-electron chi connectivity index (χ4n) is 3.57. The summed E-state index contributed by atoms with van der Waals surface area (Å²) < 4.78 is 38.8. The summed E-state index contributed by atoms with van der Waals surface area (Å²) in [5.41, 5.74) is 3.19. The number of rotatable bonds is 9. The van der Waals surface area contributed by atoms with Gasteiger partial charge in [-0.2, -0.15) is 4.31 Å². The molecule has 2 heterocycles. The molecule has 0 saturated carbocycles. The van der Waals surface area contributed by atoms with Crippen LogP contribution in [0.3, 0.4) is 0 Å². The van der Waals surface area contributed by atoms with Crippen molar-refractivity contribution in [1.29, 1.82) is 0 Å². The standard InChI is InChI=1S/C22H31N3O4S/c1-16-5-6-19(17(2)13-16)15-25(10-12-28-4)30(26,27)20-7-8-22(23-14-20)24-21-9-11-29-18(21)3/h5-8,13-14,18,21H,9-12,15H2,1-4H3,(H,23,24). The number of aryl methyl sites for hydroxylation is 2. The molecule has 1 saturated heterocycles. The molecular formula is C22H31N3O4S. The van der Waals surface area contributed by atoms with Crippen molar-refractivity contribution in [3.63, 3.8) is 0 Å². The minimum absolute atomic E-state index is 0.109. The van der Waals surface area contributed by atoms with Crippen LogP contribution < -0.4 is 5.32 Å². The Bertz CT molecular complexity index is 947. The van der Waals surface area contributed by atoms with Gasteiger partial charge in [0.1, 0.15) is 10.7 Å². The molecule has 1 fully saturated rings. The molecule has 2 aromatic rings. The molecule has 0 aliphatic carbocycles. The number of benzene rings is 1. The number of hydrogen-bond acceptors (Lipinski definition) is 6. The Morgan fingerprint density at radius 3 is 2.67 bits per heavy atom. The van der Waals surface area contributed by atoms with Crippen LogP contribution in [0.25, 0.3) is 0 Å². The van der Waals surface area contributed by atoms with Crippen molar-refractivity contribution in [2.45, 2.75) is 50.8 Å². The van der Waals surface area contributed by atoms with Crippen LogP contribution in [0.1, 0.15) is 30.0 Å². The third-order valence-electron chi connectivity index (χ3n) is 5.47. The number of aromatic nitrogens is 1. The highest BCUT2D eigenvalue weighted by molar-refractivity contribution is 7.89. The number of ether oxygens (including phenoxy) is 2. The quantitative estimate of drug-likeness (QED) is 0.654. The van der Waals surface area contributed by atoms with Crippen LogP contribution in [-0.4, -0.2) is 56.7 Å². The zero-order valence-corrected chi connectivity index (χ0v) is 18.9. The smallest absolute Gasteiger partial charge is 0.244 e. The van der Waals surface area contributed by atoms with Crippen molar-refractivity contribution in [1.82, 2.24) is 9.29 Å². The van der Waals surface area contributed by atoms with Gasteiger partial charge in [0.25, 0.3) is 0 Å². The Morgan fingerprint density at radius 1 is 1.27 bits per heavy atom. The number of nitrogens with zero attached hydrogens (tertiary/aromatic N) is 2. The van der Waals surface area contributed by atoms with Gasteiger partial charge in [0.15, 0.2) is 0 Å². The second kappa shape index (κ2) is 9.87. The van der Waals surface area contributed by atoms with E-state index in [1.165, 1.54) is 10.5 Å². The van der Waals surface area contributed by atoms with Crippen LogP contribution in [0.2, 0.25) is 0 Å². The highest BCUT2D eigenvalue weighted by Crippen LogP contribution is 2.22. The Labute approximate surface area is 179 Å². The van der Waals surface area contributed by atoms with E-state index in [1.54, 1.807) is 19.2 Å². The summed E-state index contributed by atoms with van der Waals surface area (Å²) in [5, 5.41) is 3.32. The molecule has 1 aliphatic rings. The molecule has 1 aromatic carbocycles. The molecule has 8 heteroatoms. The lowest BCUT2D eigenvalue weighted by atomic mass is 10.1. The molecule has 30 heavy (non-hydrogen) atoms. The molecule has 2 unspecified atom stereocenters. The predicted molar refractivity (Wildman–Crippen MR) is 117 cm³/mol. The molecule has 0 radical (unpaired) electrons. The van der Waals surface area contributed by atoms with Crippen LogP contribution in [0.5, 0.6) is 0 Å². The maximum Gasteiger partial charge on any atom is 0.244 e. The van der Waals surface area contributed by atoms with E-state index in [9.17, 15) is 8.42 Å². The first-order valence-corrected chi connectivity index (χ1v) is 11.6. The molecule has 0 bridgehead atoms. The van der Waals surface area contributed by atoms with Gasteiger partial charge < -0.3 is 14.8 Å². The molecule has 164 valence electrons. The topological polar surface area (TPSA) is 80.8 Å². The van der Waals surface area contributed by atoms with Crippen LogP contribution in [0, 0.1) is 13.8 Å². The third kappa shape index (κ3) is 5.37. The monoisotopic (exact) mass is 433 g/mol. The molecule has 0 amide bonds. The lowest BCUT2D eigenvalue weighted by molar-refractivity contribution is 0.121. The lowest BCUT2D eigenvalue weighted by Gasteiger charge is -2.23.